The molecule has 0 aliphatic rings. The zero-order chi connectivity index (χ0) is 18.7. The normalized spacial score (nSPS) is 10.2. The van der Waals surface area contributed by atoms with Gasteiger partial charge in [0.1, 0.15) is 19.0 Å². The van der Waals surface area contributed by atoms with Crippen LogP contribution in [0.1, 0.15) is 10.4 Å². The second kappa shape index (κ2) is 10.0. The Morgan fingerprint density at radius 3 is 1.93 bits per heavy atom. The van der Waals surface area contributed by atoms with Crippen LogP contribution < -0.4 is 9.64 Å². The molecule has 4 nitrogen and oxygen atoms in total. The smallest absolute Gasteiger partial charge is 0.338 e. The molecule has 3 aromatic rings. The maximum atomic E-state index is 12.1. The Bertz CT molecular complexity index is 807. The number of anilines is 1. The molecule has 0 heterocycles. The minimum Gasteiger partial charge on any atom is -0.492 e. The van der Waals surface area contributed by atoms with E-state index >= 15 is 0 Å². The molecular formula is C23H23NO3. The van der Waals surface area contributed by atoms with Crippen LogP contribution in [0.25, 0.3) is 0 Å². The lowest BCUT2D eigenvalue weighted by Crippen LogP contribution is -2.32. The molecule has 0 radical (unpaired) electrons. The van der Waals surface area contributed by atoms with Crippen LogP contribution in [0.4, 0.5) is 5.69 Å². The van der Waals surface area contributed by atoms with Gasteiger partial charge in [0, 0.05) is 5.69 Å². The molecule has 0 atom stereocenters. The summed E-state index contributed by atoms with van der Waals surface area (Å²) >= 11 is 0. The van der Waals surface area contributed by atoms with Gasteiger partial charge in [-0.25, -0.2) is 4.79 Å². The highest BCUT2D eigenvalue weighted by Gasteiger charge is 2.10. The maximum absolute atomic E-state index is 12.1. The van der Waals surface area contributed by atoms with Gasteiger partial charge in [-0.3, -0.25) is 0 Å². The maximum Gasteiger partial charge on any atom is 0.338 e. The van der Waals surface area contributed by atoms with Crippen molar-refractivity contribution in [1.82, 2.24) is 0 Å². The number of rotatable bonds is 9. The third-order valence-electron chi connectivity index (χ3n) is 4.10. The third kappa shape index (κ3) is 5.89. The number of para-hydroxylation sites is 2. The van der Waals surface area contributed by atoms with Gasteiger partial charge in [-0.15, -0.1) is 0 Å². The van der Waals surface area contributed by atoms with Crippen LogP contribution in [0.5, 0.6) is 5.75 Å². The van der Waals surface area contributed by atoms with Gasteiger partial charge in [-0.2, -0.15) is 0 Å². The third-order valence-corrected chi connectivity index (χ3v) is 4.10. The van der Waals surface area contributed by atoms with Gasteiger partial charge < -0.3 is 14.4 Å². The van der Waals surface area contributed by atoms with Gasteiger partial charge >= 0.3 is 5.97 Å². The predicted molar refractivity (Wildman–Crippen MR) is 107 cm³/mol. The van der Waals surface area contributed by atoms with Crippen LogP contribution in [-0.2, 0) is 4.74 Å². The molecule has 27 heavy (non-hydrogen) atoms. The minimum absolute atomic E-state index is 0.302. The molecular weight excluding hydrogens is 338 g/mol. The number of benzene rings is 3. The summed E-state index contributed by atoms with van der Waals surface area (Å²) in [7, 11) is 0. The molecule has 0 N–H and O–H groups in total. The van der Waals surface area contributed by atoms with E-state index in [9.17, 15) is 4.79 Å². The van der Waals surface area contributed by atoms with E-state index in [1.807, 2.05) is 78.9 Å². The van der Waals surface area contributed by atoms with Crippen molar-refractivity contribution >= 4 is 11.7 Å². The van der Waals surface area contributed by atoms with Crippen molar-refractivity contribution in [2.45, 2.75) is 0 Å². The van der Waals surface area contributed by atoms with E-state index in [2.05, 4.69) is 4.90 Å². The highest BCUT2D eigenvalue weighted by atomic mass is 16.5. The summed E-state index contributed by atoms with van der Waals surface area (Å²) in [6.07, 6.45) is 0. The fourth-order valence-corrected chi connectivity index (χ4v) is 2.71. The SMILES string of the molecule is O=C(OCCN(CCOc1ccccc1)c1ccccc1)c1ccccc1. The number of esters is 1. The largest absolute Gasteiger partial charge is 0.492 e. The van der Waals surface area contributed by atoms with E-state index in [-0.39, 0.29) is 5.97 Å². The zero-order valence-corrected chi connectivity index (χ0v) is 15.2. The van der Waals surface area contributed by atoms with Crippen LogP contribution in [-0.4, -0.2) is 32.3 Å². The van der Waals surface area contributed by atoms with Crippen LogP contribution >= 0.6 is 0 Å². The van der Waals surface area contributed by atoms with E-state index in [0.29, 0.717) is 31.9 Å². The lowest BCUT2D eigenvalue weighted by molar-refractivity contribution is 0.0514. The fraction of sp³-hybridized carbons (Fsp3) is 0.174. The van der Waals surface area contributed by atoms with Crippen molar-refractivity contribution in [3.63, 3.8) is 0 Å². The van der Waals surface area contributed by atoms with Crippen molar-refractivity contribution in [2.75, 3.05) is 31.2 Å². The molecule has 0 saturated heterocycles. The predicted octanol–water partition coefficient (Wildman–Crippen LogP) is 4.43. The lowest BCUT2D eigenvalue weighted by atomic mass is 10.2. The van der Waals surface area contributed by atoms with E-state index in [1.165, 1.54) is 0 Å². The topological polar surface area (TPSA) is 38.8 Å². The van der Waals surface area contributed by atoms with E-state index in [4.69, 9.17) is 9.47 Å². The molecule has 0 aliphatic heterocycles. The number of hydrogen-bond acceptors (Lipinski definition) is 4. The molecule has 138 valence electrons. The standard InChI is InChI=1S/C23H23NO3/c25-23(20-10-4-1-5-11-20)27-19-17-24(21-12-6-2-7-13-21)16-18-26-22-14-8-3-9-15-22/h1-15H,16-19H2. The molecule has 0 aromatic heterocycles. The highest BCUT2D eigenvalue weighted by Crippen LogP contribution is 2.14. The van der Waals surface area contributed by atoms with E-state index in [1.54, 1.807) is 12.1 Å². The molecule has 0 unspecified atom stereocenters. The Labute approximate surface area is 160 Å². The first-order chi connectivity index (χ1) is 13.3. The summed E-state index contributed by atoms with van der Waals surface area (Å²) < 4.78 is 11.2. The Morgan fingerprint density at radius 2 is 1.26 bits per heavy atom. The van der Waals surface area contributed by atoms with Gasteiger partial charge in [0.2, 0.25) is 0 Å². The summed E-state index contributed by atoms with van der Waals surface area (Å²) in [5.41, 5.74) is 1.64. The van der Waals surface area contributed by atoms with Crippen molar-refractivity contribution in [3.05, 3.63) is 96.6 Å². The first kappa shape index (κ1) is 18.5. The average Bonchev–Trinajstić information content (AvgIpc) is 2.74. The van der Waals surface area contributed by atoms with Gasteiger partial charge in [0.05, 0.1) is 18.7 Å². The van der Waals surface area contributed by atoms with Gasteiger partial charge in [-0.1, -0.05) is 54.6 Å². The van der Waals surface area contributed by atoms with Crippen molar-refractivity contribution < 1.29 is 14.3 Å². The minimum atomic E-state index is -0.302. The quantitative estimate of drug-likeness (QED) is 0.529. The fourth-order valence-electron chi connectivity index (χ4n) is 2.71. The van der Waals surface area contributed by atoms with Gasteiger partial charge in [-0.05, 0) is 36.4 Å². The van der Waals surface area contributed by atoms with Gasteiger partial charge in [0.15, 0.2) is 0 Å². The Morgan fingerprint density at radius 1 is 0.704 bits per heavy atom. The molecule has 0 saturated carbocycles. The summed E-state index contributed by atoms with van der Waals surface area (Å²) in [6.45, 7) is 2.15. The molecule has 3 rings (SSSR count). The van der Waals surface area contributed by atoms with Crippen LogP contribution in [0.2, 0.25) is 0 Å². The summed E-state index contributed by atoms with van der Waals surface area (Å²) in [5.74, 6) is 0.546. The molecule has 0 aliphatic carbocycles. The summed E-state index contributed by atoms with van der Waals surface area (Å²) in [6, 6.07) is 28.8. The lowest BCUT2D eigenvalue weighted by Gasteiger charge is -2.24. The second-order valence-electron chi connectivity index (χ2n) is 5.99. The molecule has 4 heteroatoms. The molecule has 3 aromatic carbocycles. The number of carbonyl (C=O) groups excluding carboxylic acids is 1. The zero-order valence-electron chi connectivity index (χ0n) is 15.2. The first-order valence-electron chi connectivity index (χ1n) is 9.03. The molecule has 0 spiro atoms. The summed E-state index contributed by atoms with van der Waals surface area (Å²) in [5, 5.41) is 0. The second-order valence-corrected chi connectivity index (χ2v) is 5.99. The number of nitrogens with zero attached hydrogens (tertiary/aromatic N) is 1. The Kier molecular flexibility index (Phi) is 6.87. The van der Waals surface area contributed by atoms with Crippen molar-refractivity contribution in [1.29, 1.82) is 0 Å². The first-order valence-corrected chi connectivity index (χ1v) is 9.03. The number of ether oxygens (including phenoxy) is 2. The number of carbonyl (C=O) groups is 1. The van der Waals surface area contributed by atoms with E-state index < -0.39 is 0 Å². The molecule has 0 bridgehead atoms. The van der Waals surface area contributed by atoms with Crippen molar-refractivity contribution in [2.24, 2.45) is 0 Å². The highest BCUT2D eigenvalue weighted by molar-refractivity contribution is 5.89. The van der Waals surface area contributed by atoms with Crippen LogP contribution in [0.15, 0.2) is 91.0 Å². The van der Waals surface area contributed by atoms with Crippen LogP contribution in [0, 0.1) is 0 Å². The molecule has 0 amide bonds. The Hall–Kier alpha value is -3.27. The van der Waals surface area contributed by atoms with Gasteiger partial charge in [0.25, 0.3) is 0 Å². The number of hydrogen-bond donors (Lipinski definition) is 0. The van der Waals surface area contributed by atoms with Crippen LogP contribution in [0.3, 0.4) is 0 Å². The van der Waals surface area contributed by atoms with E-state index in [0.717, 1.165) is 11.4 Å². The monoisotopic (exact) mass is 361 g/mol. The van der Waals surface area contributed by atoms with Crippen molar-refractivity contribution in [3.8, 4) is 5.75 Å². The average molecular weight is 361 g/mol. The molecule has 0 fully saturated rings. The Balaban J connectivity index is 1.53. The summed E-state index contributed by atoms with van der Waals surface area (Å²) in [4.78, 5) is 14.3.